The van der Waals surface area contributed by atoms with Gasteiger partial charge in [-0.3, -0.25) is 4.90 Å². The molecule has 1 saturated carbocycles. The number of piperidine rings is 1. The molecule has 3 aliphatic rings. The molecule has 1 N–H and O–H groups in total. The molecule has 122 valence electrons. The summed E-state index contributed by atoms with van der Waals surface area (Å²) in [6, 6.07) is 0.579. The van der Waals surface area contributed by atoms with Crippen molar-refractivity contribution in [3.63, 3.8) is 0 Å². The largest absolute Gasteiger partial charge is 0.347 e. The van der Waals surface area contributed by atoms with Crippen LogP contribution < -0.4 is 5.32 Å². The van der Waals surface area contributed by atoms with Crippen molar-refractivity contribution in [2.45, 2.75) is 70.3 Å². The van der Waals surface area contributed by atoms with Crippen LogP contribution in [0.25, 0.3) is 0 Å². The molecule has 0 radical (unpaired) electrons. The molecule has 0 amide bonds. The average Bonchev–Trinajstić information content (AvgIpc) is 3.10. The second-order valence-electron chi connectivity index (χ2n) is 7.43. The molecule has 2 atom stereocenters. The van der Waals surface area contributed by atoms with Gasteiger partial charge < -0.3 is 14.8 Å². The number of nitrogens with one attached hydrogen (secondary N) is 1. The zero-order valence-electron chi connectivity index (χ0n) is 13.8. The first-order valence-corrected chi connectivity index (χ1v) is 8.93. The minimum atomic E-state index is -0.209. The predicted octanol–water partition coefficient (Wildman–Crippen LogP) is 2.38. The molecule has 1 spiro atoms. The van der Waals surface area contributed by atoms with Gasteiger partial charge in [0, 0.05) is 32.0 Å². The molecule has 3 rings (SSSR count). The first kappa shape index (κ1) is 15.7. The van der Waals surface area contributed by atoms with E-state index in [-0.39, 0.29) is 11.9 Å². The number of rotatable bonds is 5. The highest BCUT2D eigenvalue weighted by Crippen LogP contribution is 2.39. The van der Waals surface area contributed by atoms with Crippen LogP contribution >= 0.6 is 0 Å². The Balaban J connectivity index is 1.50. The molecule has 4 heteroatoms. The van der Waals surface area contributed by atoms with Crippen LogP contribution in [0.15, 0.2) is 0 Å². The maximum Gasteiger partial charge on any atom is 0.168 e. The van der Waals surface area contributed by atoms with Crippen molar-refractivity contribution in [3.05, 3.63) is 0 Å². The third-order valence-electron chi connectivity index (χ3n) is 5.34. The van der Waals surface area contributed by atoms with Crippen molar-refractivity contribution in [2.75, 3.05) is 32.8 Å². The minimum Gasteiger partial charge on any atom is -0.347 e. The molecule has 1 aliphatic carbocycles. The molecular weight excluding hydrogens is 264 g/mol. The van der Waals surface area contributed by atoms with E-state index >= 15 is 0 Å². The average molecular weight is 296 g/mol. The van der Waals surface area contributed by atoms with E-state index in [0.717, 1.165) is 31.9 Å². The van der Waals surface area contributed by atoms with E-state index in [2.05, 4.69) is 24.1 Å². The molecule has 4 nitrogen and oxygen atoms in total. The Labute approximate surface area is 129 Å². The van der Waals surface area contributed by atoms with Gasteiger partial charge in [-0.05, 0) is 58.5 Å². The first-order chi connectivity index (χ1) is 10.2. The second kappa shape index (κ2) is 6.95. The van der Waals surface area contributed by atoms with Gasteiger partial charge in [-0.15, -0.1) is 0 Å². The Kier molecular flexibility index (Phi) is 5.20. The second-order valence-corrected chi connectivity index (χ2v) is 7.43. The molecule has 0 aromatic carbocycles. The molecule has 2 heterocycles. The van der Waals surface area contributed by atoms with Crippen LogP contribution in [-0.4, -0.2) is 55.6 Å². The highest BCUT2D eigenvalue weighted by molar-refractivity contribution is 4.86. The van der Waals surface area contributed by atoms with Crippen LogP contribution in [0.5, 0.6) is 0 Å². The number of nitrogens with zero attached hydrogens (tertiary/aromatic N) is 1. The van der Waals surface area contributed by atoms with Gasteiger partial charge >= 0.3 is 0 Å². The molecule has 3 fully saturated rings. The summed E-state index contributed by atoms with van der Waals surface area (Å²) in [5, 5.41) is 3.53. The van der Waals surface area contributed by atoms with Crippen LogP contribution in [0.2, 0.25) is 0 Å². The Morgan fingerprint density at radius 3 is 2.67 bits per heavy atom. The molecule has 0 aromatic rings. The SMILES string of the molecule is CC(C)N(CC1CCCNC1)CC1COC2(CCCC2)O1. The Morgan fingerprint density at radius 2 is 2.00 bits per heavy atom. The Hall–Kier alpha value is -0.160. The lowest BCUT2D eigenvalue weighted by Gasteiger charge is -2.34. The first-order valence-electron chi connectivity index (χ1n) is 8.93. The lowest BCUT2D eigenvalue weighted by Crippen LogP contribution is -2.45. The maximum atomic E-state index is 6.30. The van der Waals surface area contributed by atoms with Gasteiger partial charge in [0.2, 0.25) is 0 Å². The van der Waals surface area contributed by atoms with E-state index in [0.29, 0.717) is 6.04 Å². The van der Waals surface area contributed by atoms with Crippen molar-refractivity contribution >= 4 is 0 Å². The van der Waals surface area contributed by atoms with Gasteiger partial charge in [0.05, 0.1) is 12.7 Å². The molecule has 0 bridgehead atoms. The molecule has 0 aromatic heterocycles. The number of hydrogen-bond acceptors (Lipinski definition) is 4. The van der Waals surface area contributed by atoms with Gasteiger partial charge in [-0.25, -0.2) is 0 Å². The smallest absolute Gasteiger partial charge is 0.168 e. The fraction of sp³-hybridized carbons (Fsp3) is 1.00. The van der Waals surface area contributed by atoms with Gasteiger partial charge in [0.25, 0.3) is 0 Å². The highest BCUT2D eigenvalue weighted by Gasteiger charge is 2.44. The normalized spacial score (nSPS) is 32.6. The Bertz CT molecular complexity index is 323. The van der Waals surface area contributed by atoms with Crippen LogP contribution in [0.1, 0.15) is 52.4 Å². The van der Waals surface area contributed by atoms with E-state index < -0.39 is 0 Å². The third kappa shape index (κ3) is 3.98. The van der Waals surface area contributed by atoms with E-state index in [9.17, 15) is 0 Å². The van der Waals surface area contributed by atoms with E-state index in [1.807, 2.05) is 0 Å². The minimum absolute atomic E-state index is 0.209. The lowest BCUT2D eigenvalue weighted by molar-refractivity contribution is -0.163. The summed E-state index contributed by atoms with van der Waals surface area (Å²) in [6.45, 7) is 9.98. The summed E-state index contributed by atoms with van der Waals surface area (Å²) in [5.41, 5.74) is 0. The Morgan fingerprint density at radius 1 is 1.19 bits per heavy atom. The third-order valence-corrected chi connectivity index (χ3v) is 5.34. The van der Waals surface area contributed by atoms with Crippen molar-refractivity contribution in [1.82, 2.24) is 10.2 Å². The lowest BCUT2D eigenvalue weighted by atomic mass is 9.98. The standard InChI is InChI=1S/C17H32N2O2/c1-14(2)19(11-15-6-5-9-18-10-15)12-16-13-20-17(21-16)7-3-4-8-17/h14-16,18H,3-13H2,1-2H3. The summed E-state index contributed by atoms with van der Waals surface area (Å²) < 4.78 is 12.3. The van der Waals surface area contributed by atoms with Crippen LogP contribution in [0.4, 0.5) is 0 Å². The van der Waals surface area contributed by atoms with Crippen molar-refractivity contribution in [1.29, 1.82) is 0 Å². The molecule has 2 saturated heterocycles. The zero-order valence-corrected chi connectivity index (χ0v) is 13.8. The van der Waals surface area contributed by atoms with E-state index in [1.165, 1.54) is 45.3 Å². The molecule has 21 heavy (non-hydrogen) atoms. The summed E-state index contributed by atoms with van der Waals surface area (Å²) in [5.74, 6) is 0.587. The van der Waals surface area contributed by atoms with Crippen LogP contribution in [0, 0.1) is 5.92 Å². The zero-order chi connectivity index (χ0) is 14.7. The maximum absolute atomic E-state index is 6.30. The quantitative estimate of drug-likeness (QED) is 0.844. The summed E-state index contributed by atoms with van der Waals surface area (Å²) in [6.07, 6.45) is 7.66. The summed E-state index contributed by atoms with van der Waals surface area (Å²) in [7, 11) is 0. The van der Waals surface area contributed by atoms with Gasteiger partial charge in [0.15, 0.2) is 5.79 Å². The molecular formula is C17H32N2O2. The van der Waals surface area contributed by atoms with Crippen molar-refractivity contribution in [3.8, 4) is 0 Å². The number of ether oxygens (including phenoxy) is 2. The van der Waals surface area contributed by atoms with Crippen molar-refractivity contribution < 1.29 is 9.47 Å². The van der Waals surface area contributed by atoms with E-state index in [4.69, 9.17) is 9.47 Å². The monoisotopic (exact) mass is 296 g/mol. The molecule has 2 unspecified atom stereocenters. The summed E-state index contributed by atoms with van der Waals surface area (Å²) >= 11 is 0. The fourth-order valence-electron chi connectivity index (χ4n) is 4.05. The highest BCUT2D eigenvalue weighted by atomic mass is 16.7. The topological polar surface area (TPSA) is 33.7 Å². The van der Waals surface area contributed by atoms with Gasteiger partial charge in [0.1, 0.15) is 0 Å². The fourth-order valence-corrected chi connectivity index (χ4v) is 4.05. The summed E-state index contributed by atoms with van der Waals surface area (Å²) in [4.78, 5) is 2.60. The van der Waals surface area contributed by atoms with E-state index in [1.54, 1.807) is 0 Å². The molecule has 2 aliphatic heterocycles. The van der Waals surface area contributed by atoms with Gasteiger partial charge in [-0.1, -0.05) is 0 Å². The van der Waals surface area contributed by atoms with Crippen LogP contribution in [-0.2, 0) is 9.47 Å². The number of hydrogen-bond donors (Lipinski definition) is 1. The van der Waals surface area contributed by atoms with Crippen LogP contribution in [0.3, 0.4) is 0 Å². The predicted molar refractivity (Wildman–Crippen MR) is 84.3 cm³/mol. The van der Waals surface area contributed by atoms with Crippen molar-refractivity contribution in [2.24, 2.45) is 5.92 Å². The van der Waals surface area contributed by atoms with Gasteiger partial charge in [-0.2, -0.15) is 0 Å².